The van der Waals surface area contributed by atoms with E-state index in [9.17, 15) is 34.4 Å². The third-order valence-electron chi connectivity index (χ3n) is 3.36. The first kappa shape index (κ1) is 21.3. The zero-order chi connectivity index (χ0) is 20.6. The van der Waals surface area contributed by atoms with E-state index in [1.807, 2.05) is 0 Å². The van der Waals surface area contributed by atoms with Gasteiger partial charge in [0.05, 0.1) is 12.4 Å². The van der Waals surface area contributed by atoms with Crippen molar-refractivity contribution in [2.75, 3.05) is 18.1 Å². The summed E-state index contributed by atoms with van der Waals surface area (Å²) in [6, 6.07) is 3.96. The zero-order valence-electron chi connectivity index (χ0n) is 13.4. The molecule has 0 aliphatic heterocycles. The van der Waals surface area contributed by atoms with Gasteiger partial charge in [-0.3, -0.25) is 13.7 Å². The molecule has 2 rings (SSSR count). The van der Waals surface area contributed by atoms with Crippen LogP contribution < -0.4 is 10.5 Å². The maximum Gasteiger partial charge on any atom is 0.295 e. The van der Waals surface area contributed by atoms with Crippen molar-refractivity contribution in [1.82, 2.24) is 0 Å². The van der Waals surface area contributed by atoms with Crippen LogP contribution in [0.3, 0.4) is 0 Å². The topological polar surface area (TPSA) is 198 Å². The third kappa shape index (κ3) is 5.50. The van der Waals surface area contributed by atoms with Gasteiger partial charge in [-0.05, 0) is 24.6 Å². The van der Waals surface area contributed by atoms with Gasteiger partial charge in [-0.15, -0.1) is 0 Å². The minimum absolute atomic E-state index is 0.148. The van der Waals surface area contributed by atoms with Crippen LogP contribution >= 0.6 is 0 Å². The Balaban J connectivity index is 2.62. The van der Waals surface area contributed by atoms with Crippen LogP contribution in [0.1, 0.15) is 6.42 Å². The second-order valence-corrected chi connectivity index (χ2v) is 9.83. The lowest BCUT2D eigenvalue weighted by Crippen LogP contribution is -2.09. The van der Waals surface area contributed by atoms with E-state index in [-0.39, 0.29) is 35.2 Å². The van der Waals surface area contributed by atoms with Gasteiger partial charge >= 0.3 is 0 Å². The first-order chi connectivity index (χ1) is 12.2. The molecule has 2 aromatic carbocycles. The van der Waals surface area contributed by atoms with Crippen molar-refractivity contribution in [2.45, 2.75) is 16.2 Å². The van der Waals surface area contributed by atoms with Gasteiger partial charge in [-0.25, -0.2) is 0 Å². The van der Waals surface area contributed by atoms with Crippen molar-refractivity contribution >= 4 is 46.8 Å². The minimum Gasteiger partial charge on any atom is -0.493 e. The molecule has 0 aliphatic rings. The molecular formula is C13H15NO10S3. The Morgan fingerprint density at radius 1 is 0.815 bits per heavy atom. The number of benzene rings is 2. The summed E-state index contributed by atoms with van der Waals surface area (Å²) in [7, 11) is -13.9. The molecule has 0 saturated heterocycles. The summed E-state index contributed by atoms with van der Waals surface area (Å²) in [5.74, 6) is -0.835. The minimum atomic E-state index is -4.83. The Kier molecular flexibility index (Phi) is 5.70. The van der Waals surface area contributed by atoms with Crippen molar-refractivity contribution in [3.63, 3.8) is 0 Å². The average Bonchev–Trinajstić information content (AvgIpc) is 2.47. The van der Waals surface area contributed by atoms with E-state index < -0.39 is 45.9 Å². The Hall–Kier alpha value is -1.97. The predicted octanol–water partition coefficient (Wildman–Crippen LogP) is 0.572. The van der Waals surface area contributed by atoms with Crippen LogP contribution in [0.2, 0.25) is 0 Å². The summed E-state index contributed by atoms with van der Waals surface area (Å²) in [6.45, 7) is -0.271. The summed E-state index contributed by atoms with van der Waals surface area (Å²) in [5.41, 5.74) is 5.37. The van der Waals surface area contributed by atoms with Crippen LogP contribution in [0.4, 0.5) is 5.69 Å². The van der Waals surface area contributed by atoms with Gasteiger partial charge in [0, 0.05) is 22.5 Å². The Morgan fingerprint density at radius 2 is 1.33 bits per heavy atom. The summed E-state index contributed by atoms with van der Waals surface area (Å²) in [6.07, 6.45) is -0.148. The largest absolute Gasteiger partial charge is 0.493 e. The van der Waals surface area contributed by atoms with Gasteiger partial charge in [0.1, 0.15) is 15.5 Å². The fourth-order valence-corrected chi connectivity index (χ4v) is 4.26. The fourth-order valence-electron chi connectivity index (χ4n) is 2.33. The molecule has 0 aliphatic carbocycles. The molecule has 27 heavy (non-hydrogen) atoms. The van der Waals surface area contributed by atoms with E-state index in [1.165, 1.54) is 0 Å². The van der Waals surface area contributed by atoms with E-state index in [0.717, 1.165) is 24.3 Å². The number of nitrogens with two attached hydrogens (primary N) is 1. The summed E-state index contributed by atoms with van der Waals surface area (Å²) >= 11 is 0. The fraction of sp³-hybridized carbons (Fsp3) is 0.231. The molecule has 0 unspecified atom stereocenters. The Morgan fingerprint density at radius 3 is 1.85 bits per heavy atom. The van der Waals surface area contributed by atoms with Gasteiger partial charge in [-0.1, -0.05) is 0 Å². The highest BCUT2D eigenvalue weighted by Crippen LogP contribution is 2.34. The molecule has 5 N–H and O–H groups in total. The van der Waals surface area contributed by atoms with E-state index in [1.54, 1.807) is 0 Å². The van der Waals surface area contributed by atoms with Gasteiger partial charge < -0.3 is 10.5 Å². The number of hydrogen-bond acceptors (Lipinski definition) is 8. The highest BCUT2D eigenvalue weighted by atomic mass is 32.2. The molecule has 2 aromatic rings. The highest BCUT2D eigenvalue weighted by molar-refractivity contribution is 7.86. The number of fused-ring (bicyclic) bond motifs is 1. The van der Waals surface area contributed by atoms with Crippen molar-refractivity contribution < 1.29 is 43.6 Å². The molecule has 14 heteroatoms. The van der Waals surface area contributed by atoms with E-state index in [2.05, 4.69) is 0 Å². The zero-order valence-corrected chi connectivity index (χ0v) is 15.9. The molecule has 0 atom stereocenters. The number of anilines is 1. The van der Waals surface area contributed by atoms with Gasteiger partial charge in [-0.2, -0.15) is 25.3 Å². The number of nitrogen functional groups attached to an aromatic ring is 1. The summed E-state index contributed by atoms with van der Waals surface area (Å²) in [5, 5.41) is -0.554. The van der Waals surface area contributed by atoms with Crippen LogP contribution in [0.5, 0.6) is 5.75 Å². The Bertz CT molecular complexity index is 1200. The standard InChI is InChI=1S/C13H15NO10S3/c14-8-4-10-11(12(5-8)26(18,19)20)6-9(7-13(10)27(21,22)23)24-2-1-3-25(15,16)17/h4-7H,1-3,14H2,(H,15,16,17)(H,18,19,20)(H,21,22,23). The molecule has 0 fully saturated rings. The number of ether oxygens (including phenoxy) is 1. The SMILES string of the molecule is Nc1cc(S(=O)(=O)O)c2cc(OCCCS(=O)(=O)O)cc(S(=O)(=O)O)c2c1. The van der Waals surface area contributed by atoms with Crippen molar-refractivity contribution in [2.24, 2.45) is 0 Å². The normalized spacial score (nSPS) is 13.0. The quantitative estimate of drug-likeness (QED) is 0.266. The molecule has 0 bridgehead atoms. The third-order valence-corrected chi connectivity index (χ3v) is 5.95. The van der Waals surface area contributed by atoms with Gasteiger partial charge in [0.25, 0.3) is 30.4 Å². The lowest BCUT2D eigenvalue weighted by molar-refractivity contribution is 0.315. The smallest absolute Gasteiger partial charge is 0.295 e. The van der Waals surface area contributed by atoms with Crippen LogP contribution in [0.25, 0.3) is 10.8 Å². The molecule has 0 spiro atoms. The van der Waals surface area contributed by atoms with Crippen LogP contribution in [0, 0.1) is 0 Å². The lowest BCUT2D eigenvalue weighted by atomic mass is 10.1. The maximum atomic E-state index is 11.7. The monoisotopic (exact) mass is 441 g/mol. The molecule has 0 radical (unpaired) electrons. The number of hydrogen-bond donors (Lipinski definition) is 4. The van der Waals surface area contributed by atoms with Crippen LogP contribution in [-0.2, 0) is 30.4 Å². The first-order valence-corrected chi connectivity index (χ1v) is 11.6. The second-order valence-electron chi connectivity index (χ2n) is 5.47. The van der Waals surface area contributed by atoms with E-state index in [0.29, 0.717) is 0 Å². The van der Waals surface area contributed by atoms with Crippen molar-refractivity contribution in [3.05, 3.63) is 24.3 Å². The molecule has 0 heterocycles. The molecule has 0 saturated carbocycles. The second kappa shape index (κ2) is 7.21. The summed E-state index contributed by atoms with van der Waals surface area (Å²) < 4.78 is 101. The summed E-state index contributed by atoms with van der Waals surface area (Å²) in [4.78, 5) is -1.42. The first-order valence-electron chi connectivity index (χ1n) is 7.09. The maximum absolute atomic E-state index is 11.7. The molecule has 150 valence electrons. The molecule has 11 nitrogen and oxygen atoms in total. The van der Waals surface area contributed by atoms with Crippen molar-refractivity contribution in [3.8, 4) is 5.75 Å². The molecule has 0 amide bonds. The predicted molar refractivity (Wildman–Crippen MR) is 94.5 cm³/mol. The van der Waals surface area contributed by atoms with Crippen LogP contribution in [0.15, 0.2) is 34.1 Å². The lowest BCUT2D eigenvalue weighted by Gasteiger charge is -2.13. The average molecular weight is 441 g/mol. The number of rotatable bonds is 7. The Labute approximate surface area is 155 Å². The van der Waals surface area contributed by atoms with E-state index >= 15 is 0 Å². The molecular weight excluding hydrogens is 426 g/mol. The van der Waals surface area contributed by atoms with Gasteiger partial charge in [0.15, 0.2) is 0 Å². The molecule has 0 aromatic heterocycles. The van der Waals surface area contributed by atoms with Crippen LogP contribution in [-0.4, -0.2) is 51.3 Å². The van der Waals surface area contributed by atoms with Crippen molar-refractivity contribution in [1.29, 1.82) is 0 Å². The highest BCUT2D eigenvalue weighted by Gasteiger charge is 2.22. The van der Waals surface area contributed by atoms with Gasteiger partial charge in [0.2, 0.25) is 0 Å². The van der Waals surface area contributed by atoms with E-state index in [4.69, 9.17) is 15.0 Å².